The zero-order valence-corrected chi connectivity index (χ0v) is 26.7. The van der Waals surface area contributed by atoms with Crippen molar-refractivity contribution in [3.05, 3.63) is 100 Å². The number of amides is 2. The van der Waals surface area contributed by atoms with Gasteiger partial charge < -0.3 is 10.2 Å². The fourth-order valence-corrected chi connectivity index (χ4v) is 6.88. The number of nitrogens with one attached hydrogen (secondary N) is 1. The van der Waals surface area contributed by atoms with Crippen LogP contribution in [0.3, 0.4) is 0 Å². The van der Waals surface area contributed by atoms with E-state index in [1.165, 1.54) is 10.6 Å². The fraction of sp³-hybridized carbons (Fsp3) is 0.394. The van der Waals surface area contributed by atoms with Gasteiger partial charge in [-0.05, 0) is 61.6 Å². The van der Waals surface area contributed by atoms with E-state index < -0.39 is 16.1 Å². The van der Waals surface area contributed by atoms with Crippen LogP contribution in [0.25, 0.3) is 0 Å². The molecule has 224 valence electrons. The van der Waals surface area contributed by atoms with Gasteiger partial charge >= 0.3 is 0 Å². The number of sulfonamides is 1. The second-order valence-corrected chi connectivity index (χ2v) is 13.9. The summed E-state index contributed by atoms with van der Waals surface area (Å²) in [7, 11) is -3.55. The van der Waals surface area contributed by atoms with E-state index in [0.29, 0.717) is 18.5 Å². The van der Waals surface area contributed by atoms with Crippen LogP contribution in [0.4, 0.5) is 5.69 Å². The molecular formula is C33H40BrN3O4S. The third-order valence-electron chi connectivity index (χ3n) is 7.69. The number of halogens is 1. The first kappa shape index (κ1) is 31.8. The quantitative estimate of drug-likeness (QED) is 0.245. The molecule has 0 spiro atoms. The van der Waals surface area contributed by atoms with Crippen molar-refractivity contribution in [1.29, 1.82) is 0 Å². The first-order valence-electron chi connectivity index (χ1n) is 14.5. The Kier molecular flexibility index (Phi) is 11.2. The number of hydrogen-bond donors (Lipinski definition) is 1. The van der Waals surface area contributed by atoms with Gasteiger partial charge in [-0.2, -0.15) is 0 Å². The average molecular weight is 655 g/mol. The summed E-state index contributed by atoms with van der Waals surface area (Å²) in [6.45, 7) is 2.37. The van der Waals surface area contributed by atoms with E-state index in [1.54, 1.807) is 17.0 Å². The lowest BCUT2D eigenvalue weighted by atomic mass is 10.0. The Balaban J connectivity index is 1.58. The first-order chi connectivity index (χ1) is 20.1. The minimum Gasteiger partial charge on any atom is -0.352 e. The summed E-state index contributed by atoms with van der Waals surface area (Å²) in [6, 6.07) is 24.2. The van der Waals surface area contributed by atoms with Crippen molar-refractivity contribution in [2.75, 3.05) is 17.1 Å². The molecule has 1 unspecified atom stereocenters. The van der Waals surface area contributed by atoms with E-state index in [-0.39, 0.29) is 37.4 Å². The Bertz CT molecular complexity index is 1440. The van der Waals surface area contributed by atoms with E-state index in [4.69, 9.17) is 0 Å². The van der Waals surface area contributed by atoms with Gasteiger partial charge in [-0.1, -0.05) is 88.9 Å². The lowest BCUT2D eigenvalue weighted by molar-refractivity contribution is -0.141. The molecule has 2 amide bonds. The summed E-state index contributed by atoms with van der Waals surface area (Å²) in [5, 5.41) is 3.22. The predicted molar refractivity (Wildman–Crippen MR) is 172 cm³/mol. The third-order valence-corrected chi connectivity index (χ3v) is 9.38. The second-order valence-electron chi connectivity index (χ2n) is 11.1. The number of rotatable bonds is 13. The molecule has 7 nitrogen and oxygen atoms in total. The maximum atomic E-state index is 14.0. The van der Waals surface area contributed by atoms with Gasteiger partial charge in [-0.3, -0.25) is 13.9 Å². The molecule has 4 rings (SSSR count). The number of nitrogens with zero attached hydrogens (tertiary/aromatic N) is 2. The molecule has 1 aliphatic carbocycles. The Hall–Kier alpha value is -3.17. The minimum atomic E-state index is -3.55. The van der Waals surface area contributed by atoms with Crippen LogP contribution in [0.15, 0.2) is 83.3 Å². The second kappa shape index (κ2) is 14.8. The van der Waals surface area contributed by atoms with E-state index >= 15 is 0 Å². The van der Waals surface area contributed by atoms with Gasteiger partial charge in [0.05, 0.1) is 11.9 Å². The van der Waals surface area contributed by atoms with Gasteiger partial charge in [-0.15, -0.1) is 0 Å². The van der Waals surface area contributed by atoms with Crippen molar-refractivity contribution in [3.63, 3.8) is 0 Å². The van der Waals surface area contributed by atoms with E-state index in [9.17, 15) is 18.0 Å². The number of hydrogen-bond acceptors (Lipinski definition) is 4. The lowest BCUT2D eigenvalue weighted by Gasteiger charge is -2.33. The summed E-state index contributed by atoms with van der Waals surface area (Å²) in [5.41, 5.74) is 3.48. The minimum absolute atomic E-state index is 0.105. The summed E-state index contributed by atoms with van der Waals surface area (Å²) < 4.78 is 27.5. The number of anilines is 1. The maximum absolute atomic E-state index is 14.0. The van der Waals surface area contributed by atoms with Crippen molar-refractivity contribution < 1.29 is 18.0 Å². The Morgan fingerprint density at radius 1 is 0.952 bits per heavy atom. The first-order valence-corrected chi connectivity index (χ1v) is 17.2. The molecule has 0 bridgehead atoms. The largest absolute Gasteiger partial charge is 0.352 e. The van der Waals surface area contributed by atoms with Crippen LogP contribution in [0.1, 0.15) is 55.2 Å². The van der Waals surface area contributed by atoms with Crippen LogP contribution in [-0.2, 0) is 32.6 Å². The van der Waals surface area contributed by atoms with Gasteiger partial charge in [0.1, 0.15) is 6.04 Å². The normalized spacial score (nSPS) is 14.4. The predicted octanol–water partition coefficient (Wildman–Crippen LogP) is 6.00. The zero-order chi connectivity index (χ0) is 30.1. The van der Waals surface area contributed by atoms with Crippen LogP contribution in [0.5, 0.6) is 0 Å². The topological polar surface area (TPSA) is 86.8 Å². The molecule has 3 aromatic carbocycles. The van der Waals surface area contributed by atoms with E-state index in [2.05, 4.69) is 21.2 Å². The van der Waals surface area contributed by atoms with Crippen molar-refractivity contribution in [2.45, 2.75) is 70.5 Å². The van der Waals surface area contributed by atoms with E-state index in [0.717, 1.165) is 46.8 Å². The van der Waals surface area contributed by atoms with Crippen LogP contribution < -0.4 is 9.62 Å². The van der Waals surface area contributed by atoms with Gasteiger partial charge in [0.2, 0.25) is 21.8 Å². The standard InChI is InChI=1S/C33H40BrN3O4S/c1-25-17-19-30(20-18-25)37(42(2,40)41)21-9-16-32(38)36(24-27-12-8-13-28(34)22-27)31(23-26-10-4-3-5-11-26)33(39)35-29-14-6-7-15-29/h3-5,8,10-13,17-20,22,29,31H,6-7,9,14-16,21,23-24H2,1-2H3,(H,35,39). The molecule has 1 aliphatic rings. The molecule has 0 aliphatic heterocycles. The Morgan fingerprint density at radius 3 is 2.26 bits per heavy atom. The summed E-state index contributed by atoms with van der Waals surface area (Å²) in [6.07, 6.45) is 6.06. The highest BCUT2D eigenvalue weighted by molar-refractivity contribution is 9.10. The van der Waals surface area contributed by atoms with Crippen LogP contribution in [-0.4, -0.2) is 50.0 Å². The Labute approximate surface area is 258 Å². The van der Waals surface area contributed by atoms with Crippen LogP contribution in [0, 0.1) is 6.92 Å². The molecule has 42 heavy (non-hydrogen) atoms. The van der Waals surface area contributed by atoms with Gasteiger partial charge in [0, 0.05) is 36.4 Å². The molecule has 1 N–H and O–H groups in total. The molecular weight excluding hydrogens is 614 g/mol. The molecule has 0 saturated heterocycles. The highest BCUT2D eigenvalue weighted by Crippen LogP contribution is 2.23. The molecule has 3 aromatic rings. The monoisotopic (exact) mass is 653 g/mol. The number of benzene rings is 3. The lowest BCUT2D eigenvalue weighted by Crippen LogP contribution is -2.52. The summed E-state index contributed by atoms with van der Waals surface area (Å²) >= 11 is 3.53. The van der Waals surface area contributed by atoms with Crippen molar-refractivity contribution in [3.8, 4) is 0 Å². The zero-order valence-electron chi connectivity index (χ0n) is 24.3. The van der Waals surface area contributed by atoms with Gasteiger partial charge in [0.15, 0.2) is 0 Å². The van der Waals surface area contributed by atoms with Crippen LogP contribution in [0.2, 0.25) is 0 Å². The summed E-state index contributed by atoms with van der Waals surface area (Å²) in [4.78, 5) is 29.5. The number of carbonyl (C=O) groups is 2. The van der Waals surface area contributed by atoms with Gasteiger partial charge in [-0.25, -0.2) is 8.42 Å². The Morgan fingerprint density at radius 2 is 1.62 bits per heavy atom. The summed E-state index contributed by atoms with van der Waals surface area (Å²) in [5.74, 6) is -0.332. The smallest absolute Gasteiger partial charge is 0.243 e. The fourth-order valence-electron chi connectivity index (χ4n) is 5.47. The molecule has 9 heteroatoms. The molecule has 1 saturated carbocycles. The molecule has 1 fully saturated rings. The average Bonchev–Trinajstić information content (AvgIpc) is 3.46. The van der Waals surface area contributed by atoms with Crippen molar-refractivity contribution in [2.24, 2.45) is 0 Å². The highest BCUT2D eigenvalue weighted by atomic mass is 79.9. The molecule has 0 radical (unpaired) electrons. The number of aryl methyl sites for hydroxylation is 1. The van der Waals surface area contributed by atoms with Crippen molar-refractivity contribution in [1.82, 2.24) is 10.2 Å². The number of carbonyl (C=O) groups excluding carboxylic acids is 2. The SMILES string of the molecule is Cc1ccc(N(CCCC(=O)N(Cc2cccc(Br)c2)C(Cc2ccccc2)C(=O)NC2CCCC2)S(C)(=O)=O)cc1. The van der Waals surface area contributed by atoms with E-state index in [1.807, 2.05) is 73.7 Å². The highest BCUT2D eigenvalue weighted by Gasteiger charge is 2.32. The molecule has 1 atom stereocenters. The molecule has 0 heterocycles. The van der Waals surface area contributed by atoms with Crippen LogP contribution >= 0.6 is 15.9 Å². The maximum Gasteiger partial charge on any atom is 0.243 e. The van der Waals surface area contributed by atoms with Gasteiger partial charge in [0.25, 0.3) is 0 Å². The molecule has 0 aromatic heterocycles. The van der Waals surface area contributed by atoms with Crippen molar-refractivity contribution >= 4 is 43.5 Å². The third kappa shape index (κ3) is 9.16.